The van der Waals surface area contributed by atoms with Gasteiger partial charge in [0.2, 0.25) is 0 Å². The topological polar surface area (TPSA) is 53.3 Å². The molecule has 0 bridgehead atoms. The van der Waals surface area contributed by atoms with Gasteiger partial charge in [-0.2, -0.15) is 5.26 Å². The first-order chi connectivity index (χ1) is 9.31. The Morgan fingerprint density at radius 1 is 1.32 bits per heavy atom. The molecule has 19 heavy (non-hydrogen) atoms. The van der Waals surface area contributed by atoms with Gasteiger partial charge in [-0.15, -0.1) is 0 Å². The molecule has 0 unspecified atom stereocenters. The summed E-state index contributed by atoms with van der Waals surface area (Å²) < 4.78 is 5.45. The van der Waals surface area contributed by atoms with Crippen molar-refractivity contribution in [3.63, 3.8) is 0 Å². The maximum Gasteiger partial charge on any atom is 0.261 e. The number of benzene rings is 1. The normalized spacial score (nSPS) is 14.9. The Morgan fingerprint density at radius 2 is 2.00 bits per heavy atom. The Labute approximate surface area is 113 Å². The number of ether oxygens (including phenoxy) is 1. The zero-order valence-corrected chi connectivity index (χ0v) is 10.9. The molecule has 0 aromatic heterocycles. The van der Waals surface area contributed by atoms with Gasteiger partial charge in [-0.05, 0) is 25.0 Å². The average Bonchev–Trinajstić information content (AvgIpc) is 2.97. The van der Waals surface area contributed by atoms with Crippen molar-refractivity contribution in [3.05, 3.63) is 30.3 Å². The molecule has 0 atom stereocenters. The second-order valence-corrected chi connectivity index (χ2v) is 4.72. The van der Waals surface area contributed by atoms with Gasteiger partial charge < -0.3 is 9.64 Å². The highest BCUT2D eigenvalue weighted by Crippen LogP contribution is 2.23. The van der Waals surface area contributed by atoms with E-state index in [9.17, 15) is 4.79 Å². The van der Waals surface area contributed by atoms with Crippen LogP contribution in [0.25, 0.3) is 0 Å². The molecule has 1 aliphatic rings. The molecule has 4 nitrogen and oxygen atoms in total. The zero-order valence-electron chi connectivity index (χ0n) is 10.9. The van der Waals surface area contributed by atoms with E-state index in [4.69, 9.17) is 10.00 Å². The second-order valence-electron chi connectivity index (χ2n) is 4.72. The van der Waals surface area contributed by atoms with Crippen LogP contribution in [0.5, 0.6) is 5.75 Å². The van der Waals surface area contributed by atoms with Gasteiger partial charge in [-0.3, -0.25) is 4.79 Å². The number of rotatable bonds is 5. The van der Waals surface area contributed by atoms with E-state index in [1.54, 1.807) is 4.90 Å². The molecule has 1 aliphatic carbocycles. The molecule has 1 saturated carbocycles. The molecule has 1 aromatic rings. The standard InChI is InChI=1S/C15H18N2O2/c16-10-11-17(13-6-4-5-7-13)15(18)12-19-14-8-2-1-3-9-14/h1-3,8-9,13H,4-7,11-12H2. The van der Waals surface area contributed by atoms with E-state index in [1.807, 2.05) is 30.3 Å². The van der Waals surface area contributed by atoms with Crippen molar-refractivity contribution < 1.29 is 9.53 Å². The van der Waals surface area contributed by atoms with Crippen LogP contribution in [-0.2, 0) is 4.79 Å². The van der Waals surface area contributed by atoms with Crippen LogP contribution in [0, 0.1) is 11.3 Å². The fourth-order valence-corrected chi connectivity index (χ4v) is 2.46. The third kappa shape index (κ3) is 3.72. The predicted molar refractivity (Wildman–Crippen MR) is 71.5 cm³/mol. The van der Waals surface area contributed by atoms with Gasteiger partial charge >= 0.3 is 0 Å². The minimum Gasteiger partial charge on any atom is -0.484 e. The minimum atomic E-state index is -0.0997. The number of nitrogens with zero attached hydrogens (tertiary/aromatic N) is 2. The predicted octanol–water partition coefficient (Wildman–Crippen LogP) is 2.36. The highest BCUT2D eigenvalue weighted by atomic mass is 16.5. The number of hydrogen-bond donors (Lipinski definition) is 0. The van der Waals surface area contributed by atoms with Crippen LogP contribution in [0.15, 0.2) is 30.3 Å². The first kappa shape index (κ1) is 13.4. The van der Waals surface area contributed by atoms with Crippen molar-refractivity contribution >= 4 is 5.91 Å². The molecule has 1 amide bonds. The molecule has 0 radical (unpaired) electrons. The third-order valence-corrected chi connectivity index (χ3v) is 3.43. The van der Waals surface area contributed by atoms with E-state index in [-0.39, 0.29) is 25.1 Å². The lowest BCUT2D eigenvalue weighted by atomic mass is 10.2. The van der Waals surface area contributed by atoms with E-state index in [0.717, 1.165) is 25.7 Å². The smallest absolute Gasteiger partial charge is 0.261 e. The average molecular weight is 258 g/mol. The summed E-state index contributed by atoms with van der Waals surface area (Å²) in [6, 6.07) is 11.5. The summed E-state index contributed by atoms with van der Waals surface area (Å²) in [5.74, 6) is 0.580. The van der Waals surface area contributed by atoms with Gasteiger partial charge in [0.25, 0.3) is 5.91 Å². The molecule has 1 fully saturated rings. The molecule has 2 rings (SSSR count). The monoisotopic (exact) mass is 258 g/mol. The van der Waals surface area contributed by atoms with Crippen LogP contribution in [0.3, 0.4) is 0 Å². The Hall–Kier alpha value is -2.02. The lowest BCUT2D eigenvalue weighted by Crippen LogP contribution is -2.41. The number of carbonyl (C=O) groups excluding carboxylic acids is 1. The fourth-order valence-electron chi connectivity index (χ4n) is 2.46. The van der Waals surface area contributed by atoms with Crippen molar-refractivity contribution in [3.8, 4) is 11.8 Å². The summed E-state index contributed by atoms with van der Waals surface area (Å²) in [6.07, 6.45) is 4.27. The van der Waals surface area contributed by atoms with E-state index in [0.29, 0.717) is 5.75 Å². The highest BCUT2D eigenvalue weighted by molar-refractivity contribution is 5.78. The van der Waals surface area contributed by atoms with Crippen LogP contribution in [0.2, 0.25) is 0 Å². The molecule has 0 aliphatic heterocycles. The number of amides is 1. The summed E-state index contributed by atoms with van der Waals surface area (Å²) in [5, 5.41) is 8.85. The van der Waals surface area contributed by atoms with Crippen molar-refractivity contribution in [1.29, 1.82) is 5.26 Å². The first-order valence-corrected chi connectivity index (χ1v) is 6.65. The number of carbonyl (C=O) groups is 1. The van der Waals surface area contributed by atoms with Crippen molar-refractivity contribution in [1.82, 2.24) is 4.90 Å². The summed E-state index contributed by atoms with van der Waals surface area (Å²) in [6.45, 7) is 0.157. The first-order valence-electron chi connectivity index (χ1n) is 6.65. The molecule has 0 N–H and O–H groups in total. The number of para-hydroxylation sites is 1. The van der Waals surface area contributed by atoms with Crippen molar-refractivity contribution in [2.75, 3.05) is 13.2 Å². The summed E-state index contributed by atoms with van der Waals surface area (Å²) in [4.78, 5) is 13.8. The Bertz CT molecular complexity index is 447. The fraction of sp³-hybridized carbons (Fsp3) is 0.467. The molecule has 100 valence electrons. The maximum atomic E-state index is 12.1. The van der Waals surface area contributed by atoms with Gasteiger partial charge in [-0.25, -0.2) is 0 Å². The van der Waals surface area contributed by atoms with Crippen LogP contribution < -0.4 is 4.74 Å². The van der Waals surface area contributed by atoms with Crippen molar-refractivity contribution in [2.45, 2.75) is 31.7 Å². The molecular weight excluding hydrogens is 240 g/mol. The minimum absolute atomic E-state index is 0.00218. The lowest BCUT2D eigenvalue weighted by molar-refractivity contribution is -0.134. The Morgan fingerprint density at radius 3 is 2.63 bits per heavy atom. The summed E-state index contributed by atoms with van der Waals surface area (Å²) >= 11 is 0. The number of nitriles is 1. The maximum absolute atomic E-state index is 12.1. The van der Waals surface area contributed by atoms with Crippen LogP contribution in [0.4, 0.5) is 0 Å². The van der Waals surface area contributed by atoms with Gasteiger partial charge in [0.1, 0.15) is 12.3 Å². The zero-order chi connectivity index (χ0) is 13.5. The highest BCUT2D eigenvalue weighted by Gasteiger charge is 2.26. The van der Waals surface area contributed by atoms with E-state index >= 15 is 0 Å². The molecule has 0 saturated heterocycles. The van der Waals surface area contributed by atoms with Crippen molar-refractivity contribution in [2.24, 2.45) is 0 Å². The Balaban J connectivity index is 1.90. The lowest BCUT2D eigenvalue weighted by Gasteiger charge is -2.26. The van der Waals surface area contributed by atoms with E-state index in [2.05, 4.69) is 6.07 Å². The quantitative estimate of drug-likeness (QED) is 0.762. The SMILES string of the molecule is N#CCN(C(=O)COc1ccccc1)C1CCCC1. The van der Waals surface area contributed by atoms with Crippen LogP contribution in [0.1, 0.15) is 25.7 Å². The molecule has 0 heterocycles. The summed E-state index contributed by atoms with van der Waals surface area (Å²) in [7, 11) is 0. The third-order valence-electron chi connectivity index (χ3n) is 3.43. The van der Waals surface area contributed by atoms with Gasteiger partial charge in [-0.1, -0.05) is 31.0 Å². The van der Waals surface area contributed by atoms with E-state index in [1.165, 1.54) is 0 Å². The summed E-state index contributed by atoms with van der Waals surface area (Å²) in [5.41, 5.74) is 0. The second kappa shape index (κ2) is 6.79. The van der Waals surface area contributed by atoms with Gasteiger partial charge in [0.05, 0.1) is 6.07 Å². The van der Waals surface area contributed by atoms with Gasteiger partial charge in [0.15, 0.2) is 6.61 Å². The van der Waals surface area contributed by atoms with Gasteiger partial charge in [0, 0.05) is 6.04 Å². The molecule has 0 spiro atoms. The van der Waals surface area contributed by atoms with E-state index < -0.39 is 0 Å². The molecule has 1 aromatic carbocycles. The van der Waals surface area contributed by atoms with Crippen LogP contribution in [-0.4, -0.2) is 30.0 Å². The number of hydrogen-bond acceptors (Lipinski definition) is 3. The Kier molecular flexibility index (Phi) is 4.79. The van der Waals surface area contributed by atoms with Crippen LogP contribution >= 0.6 is 0 Å². The molecule has 4 heteroatoms. The largest absolute Gasteiger partial charge is 0.484 e. The molecular formula is C15H18N2O2.